The van der Waals surface area contributed by atoms with E-state index in [4.69, 9.17) is 0 Å². The highest BCUT2D eigenvalue weighted by molar-refractivity contribution is 9.10. The van der Waals surface area contributed by atoms with Crippen molar-refractivity contribution in [1.82, 2.24) is 4.98 Å². The van der Waals surface area contributed by atoms with E-state index in [1.807, 2.05) is 103 Å². The van der Waals surface area contributed by atoms with E-state index in [0.717, 1.165) is 42.8 Å². The topological polar surface area (TPSA) is 74.0 Å². The van der Waals surface area contributed by atoms with Gasteiger partial charge in [-0.25, -0.2) is 0 Å². The Hall–Kier alpha value is -3.68. The minimum Gasteiger partial charge on any atom is -0.373 e. The molecule has 1 unspecified atom stereocenters. The van der Waals surface area contributed by atoms with Gasteiger partial charge in [-0.15, -0.1) is 0 Å². The molecule has 0 fully saturated rings. The average molecular weight is 544 g/mol. The summed E-state index contributed by atoms with van der Waals surface area (Å²) in [6, 6.07) is 32.5. The first-order valence-corrected chi connectivity index (χ1v) is 13.1. The summed E-state index contributed by atoms with van der Waals surface area (Å²) in [6.45, 7) is 0. The maximum absolute atomic E-state index is 13.3. The summed E-state index contributed by atoms with van der Waals surface area (Å²) in [6.07, 6.45) is 0. The van der Waals surface area contributed by atoms with Gasteiger partial charge >= 0.3 is 0 Å². The number of H-pyrrole nitrogens is 1. The fraction of sp³-hybridized carbons (Fsp3) is 0.0357. The maximum atomic E-state index is 13.3. The Bertz CT molecular complexity index is 1500. The van der Waals surface area contributed by atoms with Gasteiger partial charge in [-0.05, 0) is 60.2 Å². The zero-order chi connectivity index (χ0) is 24.2. The van der Waals surface area contributed by atoms with Crippen LogP contribution in [-0.4, -0.2) is 21.0 Å². The first-order valence-electron chi connectivity index (χ1n) is 11.0. The van der Waals surface area contributed by atoms with Crippen LogP contribution >= 0.6 is 15.9 Å². The van der Waals surface area contributed by atoms with Crippen LogP contribution in [0.3, 0.4) is 0 Å². The summed E-state index contributed by atoms with van der Waals surface area (Å²) in [4.78, 5) is 17.3. The van der Waals surface area contributed by atoms with Crippen molar-refractivity contribution in [3.8, 4) is 11.1 Å². The number of aromatic amines is 1. The highest BCUT2D eigenvalue weighted by atomic mass is 79.9. The van der Waals surface area contributed by atoms with Crippen LogP contribution < -0.4 is 10.6 Å². The smallest absolute Gasteiger partial charge is 0.272 e. The predicted octanol–water partition coefficient (Wildman–Crippen LogP) is 7.03. The minimum absolute atomic E-state index is 0.211. The number of benzene rings is 4. The number of halogens is 1. The van der Waals surface area contributed by atoms with Crippen molar-refractivity contribution in [3.05, 3.63) is 113 Å². The quantitative estimate of drug-likeness (QED) is 0.206. The predicted molar refractivity (Wildman–Crippen MR) is 147 cm³/mol. The zero-order valence-electron chi connectivity index (χ0n) is 18.6. The van der Waals surface area contributed by atoms with Gasteiger partial charge in [-0.2, -0.15) is 0 Å². The molecule has 5 aromatic rings. The molecule has 0 bridgehead atoms. The fourth-order valence-electron chi connectivity index (χ4n) is 3.91. The van der Waals surface area contributed by atoms with E-state index in [2.05, 4.69) is 31.5 Å². The summed E-state index contributed by atoms with van der Waals surface area (Å²) < 4.78 is 13.7. The van der Waals surface area contributed by atoms with Crippen LogP contribution in [0.15, 0.2) is 112 Å². The second kappa shape index (κ2) is 10.3. The molecule has 1 amide bonds. The number of amides is 1. The average Bonchev–Trinajstić information content (AvgIpc) is 3.28. The first-order chi connectivity index (χ1) is 17.1. The Morgan fingerprint density at radius 1 is 0.829 bits per heavy atom. The maximum Gasteiger partial charge on any atom is 0.272 e. The van der Waals surface area contributed by atoms with Crippen molar-refractivity contribution in [2.24, 2.45) is 0 Å². The third-order valence-electron chi connectivity index (χ3n) is 5.60. The molecule has 0 spiro atoms. The fourth-order valence-corrected chi connectivity index (χ4v) is 5.08. The molecule has 7 heteroatoms. The van der Waals surface area contributed by atoms with Crippen LogP contribution in [0.4, 0.5) is 11.4 Å². The van der Waals surface area contributed by atoms with Gasteiger partial charge in [-0.3, -0.25) is 9.00 Å². The molecular formula is C28H22BrN3O2S. The SMILES string of the molecule is O=C(Nc1ccccc1)c1[nH]c2ccc(NCS(=O)c3ccc(Br)cc3)cc2c1-c1ccccc1. The van der Waals surface area contributed by atoms with Crippen molar-refractivity contribution in [3.63, 3.8) is 0 Å². The molecule has 174 valence electrons. The lowest BCUT2D eigenvalue weighted by atomic mass is 10.0. The number of carbonyl (C=O) groups is 1. The van der Waals surface area contributed by atoms with Crippen LogP contribution in [0, 0.1) is 0 Å². The molecule has 35 heavy (non-hydrogen) atoms. The molecule has 0 aliphatic rings. The normalized spacial score (nSPS) is 11.8. The van der Waals surface area contributed by atoms with Gasteiger partial charge in [0.25, 0.3) is 5.91 Å². The van der Waals surface area contributed by atoms with Gasteiger partial charge in [0.15, 0.2) is 0 Å². The molecule has 4 aromatic carbocycles. The van der Waals surface area contributed by atoms with E-state index >= 15 is 0 Å². The summed E-state index contributed by atoms with van der Waals surface area (Å²) in [5.41, 5.74) is 4.66. The van der Waals surface area contributed by atoms with E-state index in [1.165, 1.54) is 0 Å². The number of fused-ring (bicyclic) bond motifs is 1. The van der Waals surface area contributed by atoms with Crippen LogP contribution in [0.2, 0.25) is 0 Å². The molecule has 1 aromatic heterocycles. The number of anilines is 2. The number of hydrogen-bond donors (Lipinski definition) is 3. The molecule has 5 rings (SSSR count). The van der Waals surface area contributed by atoms with Crippen LogP contribution in [0.5, 0.6) is 0 Å². The monoisotopic (exact) mass is 543 g/mol. The molecule has 0 aliphatic heterocycles. The second-order valence-electron chi connectivity index (χ2n) is 7.94. The summed E-state index contributed by atoms with van der Waals surface area (Å²) in [5.74, 6) is 0.0663. The second-order valence-corrected chi connectivity index (χ2v) is 10.3. The third-order valence-corrected chi connectivity index (χ3v) is 7.34. The van der Waals surface area contributed by atoms with E-state index in [9.17, 15) is 9.00 Å². The van der Waals surface area contributed by atoms with Crippen LogP contribution in [0.1, 0.15) is 10.5 Å². The van der Waals surface area contributed by atoms with Gasteiger partial charge in [0, 0.05) is 37.2 Å². The molecule has 3 N–H and O–H groups in total. The Morgan fingerprint density at radius 2 is 1.51 bits per heavy atom. The van der Waals surface area contributed by atoms with Crippen molar-refractivity contribution >= 4 is 54.9 Å². The molecule has 5 nitrogen and oxygen atoms in total. The molecule has 1 atom stereocenters. The summed E-state index contributed by atoms with van der Waals surface area (Å²) >= 11 is 3.40. The number of rotatable bonds is 7. The minimum atomic E-state index is -1.20. The molecule has 1 heterocycles. The van der Waals surface area contributed by atoms with Gasteiger partial charge < -0.3 is 15.6 Å². The van der Waals surface area contributed by atoms with Gasteiger partial charge in [0.05, 0.1) is 16.7 Å². The van der Waals surface area contributed by atoms with E-state index < -0.39 is 10.8 Å². The van der Waals surface area contributed by atoms with Gasteiger partial charge in [0.1, 0.15) is 5.69 Å². The van der Waals surface area contributed by atoms with Crippen LogP contribution in [0.25, 0.3) is 22.0 Å². The number of para-hydroxylation sites is 1. The van der Waals surface area contributed by atoms with Crippen molar-refractivity contribution in [1.29, 1.82) is 0 Å². The van der Waals surface area contributed by atoms with Crippen molar-refractivity contribution < 1.29 is 9.00 Å². The Morgan fingerprint density at radius 3 is 2.23 bits per heavy atom. The lowest BCUT2D eigenvalue weighted by Gasteiger charge is -2.09. The first kappa shape index (κ1) is 23.1. The van der Waals surface area contributed by atoms with E-state index in [1.54, 1.807) is 0 Å². The number of aromatic nitrogens is 1. The number of nitrogens with one attached hydrogen (secondary N) is 3. The Labute approximate surface area is 214 Å². The van der Waals surface area contributed by atoms with E-state index in [-0.39, 0.29) is 11.8 Å². The number of hydrogen-bond acceptors (Lipinski definition) is 3. The lowest BCUT2D eigenvalue weighted by molar-refractivity contribution is 0.102. The van der Waals surface area contributed by atoms with Gasteiger partial charge in [-0.1, -0.05) is 64.5 Å². The Kier molecular flexibility index (Phi) is 6.79. The standard InChI is InChI=1S/C28H22BrN3O2S/c29-20-11-14-23(15-12-20)35(34)18-30-22-13-16-25-24(17-22)26(19-7-3-1-4-8-19)27(32-25)28(33)31-21-9-5-2-6-10-21/h1-17,30,32H,18H2,(H,31,33). The summed E-state index contributed by atoms with van der Waals surface area (Å²) in [7, 11) is -1.20. The van der Waals surface area contributed by atoms with Crippen LogP contribution in [-0.2, 0) is 10.8 Å². The lowest BCUT2D eigenvalue weighted by Crippen LogP contribution is -2.13. The van der Waals surface area contributed by atoms with Crippen molar-refractivity contribution in [2.75, 3.05) is 16.5 Å². The van der Waals surface area contributed by atoms with E-state index in [0.29, 0.717) is 5.69 Å². The summed E-state index contributed by atoms with van der Waals surface area (Å²) in [5, 5.41) is 7.17. The van der Waals surface area contributed by atoms with Gasteiger partial charge in [0.2, 0.25) is 0 Å². The molecular weight excluding hydrogens is 522 g/mol. The number of carbonyl (C=O) groups excluding carboxylic acids is 1. The molecule has 0 radical (unpaired) electrons. The highest BCUT2D eigenvalue weighted by Crippen LogP contribution is 2.34. The highest BCUT2D eigenvalue weighted by Gasteiger charge is 2.20. The Balaban J connectivity index is 1.47. The molecule has 0 saturated carbocycles. The third kappa shape index (κ3) is 5.21. The zero-order valence-corrected chi connectivity index (χ0v) is 21.0. The largest absolute Gasteiger partial charge is 0.373 e. The molecule has 0 saturated heterocycles. The van der Waals surface area contributed by atoms with Crippen molar-refractivity contribution in [2.45, 2.75) is 4.90 Å². The molecule has 0 aliphatic carbocycles.